The third kappa shape index (κ3) is 2.92. The summed E-state index contributed by atoms with van der Waals surface area (Å²) in [4.78, 5) is 22.3. The van der Waals surface area contributed by atoms with Crippen LogP contribution >= 0.6 is 15.9 Å². The van der Waals surface area contributed by atoms with Gasteiger partial charge < -0.3 is 9.67 Å². The van der Waals surface area contributed by atoms with Gasteiger partial charge in [0.25, 0.3) is 5.56 Å². The van der Waals surface area contributed by atoms with Crippen LogP contribution in [0.2, 0.25) is 0 Å². The zero-order valence-corrected chi connectivity index (χ0v) is 10.1. The highest BCUT2D eigenvalue weighted by Gasteiger charge is 2.14. The fraction of sp³-hybridized carbons (Fsp3) is 0.400. The van der Waals surface area contributed by atoms with E-state index in [1.54, 1.807) is 26.2 Å². The Morgan fingerprint density at radius 1 is 1.67 bits per heavy atom. The van der Waals surface area contributed by atoms with E-state index in [1.165, 1.54) is 4.57 Å². The number of carboxylic acid groups (broad SMARTS) is 1. The lowest BCUT2D eigenvalue weighted by atomic mass is 10.0. The highest BCUT2D eigenvalue weighted by atomic mass is 79.9. The number of aliphatic carboxylic acids is 1. The lowest BCUT2D eigenvalue weighted by Crippen LogP contribution is -2.24. The Morgan fingerprint density at radius 3 is 2.80 bits per heavy atom. The van der Waals surface area contributed by atoms with Gasteiger partial charge in [-0.15, -0.1) is 0 Å². The van der Waals surface area contributed by atoms with Crippen molar-refractivity contribution >= 4 is 21.9 Å². The summed E-state index contributed by atoms with van der Waals surface area (Å²) in [6.45, 7) is 1.59. The first-order chi connectivity index (χ1) is 6.91. The summed E-state index contributed by atoms with van der Waals surface area (Å²) in [7, 11) is 1.64. The molecule has 1 atom stereocenters. The molecule has 0 amide bonds. The second-order valence-corrected chi connectivity index (χ2v) is 4.46. The number of carbonyl (C=O) groups is 1. The Labute approximate surface area is 95.7 Å². The van der Waals surface area contributed by atoms with Crippen LogP contribution < -0.4 is 5.56 Å². The van der Waals surface area contributed by atoms with E-state index in [4.69, 9.17) is 5.11 Å². The van der Waals surface area contributed by atoms with Crippen LogP contribution in [0, 0.1) is 5.92 Å². The van der Waals surface area contributed by atoms with E-state index in [1.807, 2.05) is 0 Å². The average molecular weight is 274 g/mol. The molecule has 0 spiro atoms. The second-order valence-electron chi connectivity index (χ2n) is 3.54. The molecule has 1 heterocycles. The molecule has 0 saturated carbocycles. The highest BCUT2D eigenvalue weighted by Crippen LogP contribution is 2.11. The molecule has 1 aromatic rings. The summed E-state index contributed by atoms with van der Waals surface area (Å²) in [5.41, 5.74) is 0.369. The summed E-state index contributed by atoms with van der Waals surface area (Å²) in [6, 6.07) is 1.67. The second kappa shape index (κ2) is 4.61. The molecule has 0 aliphatic rings. The normalized spacial score (nSPS) is 12.5. The molecule has 1 N–H and O–H groups in total. The predicted molar refractivity (Wildman–Crippen MR) is 59.9 cm³/mol. The Balaban J connectivity index is 3.05. The average Bonchev–Trinajstić information content (AvgIpc) is 2.13. The first-order valence-electron chi connectivity index (χ1n) is 4.49. The van der Waals surface area contributed by atoms with Gasteiger partial charge in [-0.1, -0.05) is 6.92 Å². The van der Waals surface area contributed by atoms with Gasteiger partial charge in [0.15, 0.2) is 0 Å². The molecule has 5 heteroatoms. The Kier molecular flexibility index (Phi) is 3.68. The number of carboxylic acids is 1. The summed E-state index contributed by atoms with van der Waals surface area (Å²) in [5, 5.41) is 8.75. The van der Waals surface area contributed by atoms with Crippen LogP contribution in [0.3, 0.4) is 0 Å². The Morgan fingerprint density at radius 2 is 2.27 bits per heavy atom. The van der Waals surface area contributed by atoms with Crippen LogP contribution in [0.5, 0.6) is 0 Å². The van der Waals surface area contributed by atoms with Gasteiger partial charge in [-0.25, -0.2) is 0 Å². The topological polar surface area (TPSA) is 59.3 Å². The van der Waals surface area contributed by atoms with Gasteiger partial charge in [-0.05, 0) is 28.4 Å². The number of hydrogen-bond acceptors (Lipinski definition) is 2. The largest absolute Gasteiger partial charge is 0.481 e. The minimum Gasteiger partial charge on any atom is -0.481 e. The summed E-state index contributed by atoms with van der Waals surface area (Å²) >= 11 is 3.27. The SMILES string of the molecule is CC(Cc1cc(Br)cn(C)c1=O)C(=O)O. The van der Waals surface area contributed by atoms with Crippen LogP contribution in [0.25, 0.3) is 0 Å². The van der Waals surface area contributed by atoms with Crippen LogP contribution in [0.1, 0.15) is 12.5 Å². The van der Waals surface area contributed by atoms with Gasteiger partial charge in [0.1, 0.15) is 0 Å². The van der Waals surface area contributed by atoms with E-state index in [0.29, 0.717) is 5.56 Å². The molecule has 1 unspecified atom stereocenters. The molecule has 4 nitrogen and oxygen atoms in total. The number of aryl methyl sites for hydroxylation is 1. The van der Waals surface area contributed by atoms with Crippen molar-refractivity contribution in [1.29, 1.82) is 0 Å². The smallest absolute Gasteiger partial charge is 0.306 e. The molecule has 0 fully saturated rings. The Bertz CT molecular complexity index is 439. The van der Waals surface area contributed by atoms with Gasteiger partial charge in [-0.3, -0.25) is 9.59 Å². The number of halogens is 1. The van der Waals surface area contributed by atoms with Crippen molar-refractivity contribution in [3.05, 3.63) is 32.7 Å². The summed E-state index contributed by atoms with van der Waals surface area (Å²) in [6.07, 6.45) is 1.90. The van der Waals surface area contributed by atoms with Gasteiger partial charge in [0, 0.05) is 23.3 Å². The van der Waals surface area contributed by atoms with Crippen LogP contribution in [0.15, 0.2) is 21.5 Å². The van der Waals surface area contributed by atoms with E-state index in [9.17, 15) is 9.59 Å². The number of rotatable bonds is 3. The first-order valence-corrected chi connectivity index (χ1v) is 5.29. The van der Waals surface area contributed by atoms with Crippen LogP contribution in [-0.2, 0) is 18.3 Å². The molecule has 0 saturated heterocycles. The summed E-state index contributed by atoms with van der Waals surface area (Å²) in [5.74, 6) is -1.44. The standard InChI is InChI=1S/C10H12BrNO3/c1-6(10(14)15)3-7-4-8(11)5-12(2)9(7)13/h4-6H,3H2,1-2H3,(H,14,15). The fourth-order valence-corrected chi connectivity index (χ4v) is 1.88. The van der Waals surface area contributed by atoms with Crippen LogP contribution in [-0.4, -0.2) is 15.6 Å². The minimum absolute atomic E-state index is 0.147. The molecule has 1 aromatic heterocycles. The Hall–Kier alpha value is -1.10. The fourth-order valence-electron chi connectivity index (χ4n) is 1.30. The van der Waals surface area contributed by atoms with Gasteiger partial charge in [0.05, 0.1) is 5.92 Å². The number of aromatic nitrogens is 1. The maximum absolute atomic E-state index is 11.6. The molecule has 1 rings (SSSR count). The third-order valence-electron chi connectivity index (χ3n) is 2.17. The van der Waals surface area contributed by atoms with E-state index in [2.05, 4.69) is 15.9 Å². The quantitative estimate of drug-likeness (QED) is 0.906. The molecule has 0 aromatic carbocycles. The van der Waals surface area contributed by atoms with Crippen molar-refractivity contribution in [3.63, 3.8) is 0 Å². The lowest BCUT2D eigenvalue weighted by Gasteiger charge is -2.07. The van der Waals surface area contributed by atoms with Crippen molar-refractivity contribution in [2.24, 2.45) is 13.0 Å². The molecule has 0 aliphatic carbocycles. The van der Waals surface area contributed by atoms with E-state index in [0.717, 1.165) is 4.47 Å². The highest BCUT2D eigenvalue weighted by molar-refractivity contribution is 9.10. The summed E-state index contributed by atoms with van der Waals surface area (Å²) < 4.78 is 2.21. The van der Waals surface area contributed by atoms with Crippen LogP contribution in [0.4, 0.5) is 0 Å². The number of pyridine rings is 1. The number of nitrogens with zero attached hydrogens (tertiary/aromatic N) is 1. The molecular weight excluding hydrogens is 262 g/mol. The molecule has 82 valence electrons. The van der Waals surface area contributed by atoms with Gasteiger partial charge in [-0.2, -0.15) is 0 Å². The molecular formula is C10H12BrNO3. The molecule has 15 heavy (non-hydrogen) atoms. The monoisotopic (exact) mass is 273 g/mol. The van der Waals surface area contributed by atoms with E-state index < -0.39 is 11.9 Å². The zero-order chi connectivity index (χ0) is 11.6. The van der Waals surface area contributed by atoms with Gasteiger partial charge >= 0.3 is 5.97 Å². The predicted octanol–water partition coefficient (Wildman–Crippen LogP) is 1.41. The molecule has 0 aliphatic heterocycles. The molecule has 0 bridgehead atoms. The minimum atomic E-state index is -0.892. The van der Waals surface area contributed by atoms with Crippen molar-refractivity contribution < 1.29 is 9.90 Å². The zero-order valence-electron chi connectivity index (χ0n) is 8.53. The van der Waals surface area contributed by atoms with Crippen molar-refractivity contribution in [2.75, 3.05) is 0 Å². The molecule has 0 radical (unpaired) electrons. The third-order valence-corrected chi connectivity index (χ3v) is 2.61. The van der Waals surface area contributed by atoms with E-state index >= 15 is 0 Å². The lowest BCUT2D eigenvalue weighted by molar-refractivity contribution is -0.141. The van der Waals surface area contributed by atoms with Crippen molar-refractivity contribution in [2.45, 2.75) is 13.3 Å². The maximum Gasteiger partial charge on any atom is 0.306 e. The van der Waals surface area contributed by atoms with Crippen molar-refractivity contribution in [1.82, 2.24) is 4.57 Å². The number of hydrogen-bond donors (Lipinski definition) is 1. The maximum atomic E-state index is 11.6. The van der Waals surface area contributed by atoms with E-state index in [-0.39, 0.29) is 12.0 Å². The first kappa shape index (κ1) is 12.0. The van der Waals surface area contributed by atoms with Gasteiger partial charge in [0.2, 0.25) is 0 Å². The van der Waals surface area contributed by atoms with Crippen molar-refractivity contribution in [3.8, 4) is 0 Å².